The summed E-state index contributed by atoms with van der Waals surface area (Å²) in [5, 5.41) is 9.00. The molecule has 0 amide bonds. The summed E-state index contributed by atoms with van der Waals surface area (Å²) in [5.74, 6) is -0.897. The number of aryl methyl sites for hydroxylation is 1. The van der Waals surface area contributed by atoms with Crippen LogP contribution in [0.3, 0.4) is 0 Å². The summed E-state index contributed by atoms with van der Waals surface area (Å²) in [7, 11) is 2.06. The maximum Gasteiger partial charge on any atom is 0.348 e. The maximum atomic E-state index is 12.2. The summed E-state index contributed by atoms with van der Waals surface area (Å²) in [6.45, 7) is 5.41. The van der Waals surface area contributed by atoms with Crippen LogP contribution in [0.25, 0.3) is 0 Å². The van der Waals surface area contributed by atoms with Crippen LogP contribution in [0.5, 0.6) is 0 Å². The lowest BCUT2D eigenvalue weighted by molar-refractivity contribution is -0.136. The first-order chi connectivity index (χ1) is 9.40. The fourth-order valence-electron chi connectivity index (χ4n) is 2.91. The topological polar surface area (TPSA) is 75.4 Å². The first-order valence-electron chi connectivity index (χ1n) is 6.89. The average molecular weight is 279 g/mol. The van der Waals surface area contributed by atoms with Gasteiger partial charge in [0.25, 0.3) is 0 Å². The van der Waals surface area contributed by atoms with E-state index in [9.17, 15) is 9.59 Å². The summed E-state index contributed by atoms with van der Waals surface area (Å²) in [6, 6.07) is 0.124. The highest BCUT2D eigenvalue weighted by atomic mass is 16.4. The van der Waals surface area contributed by atoms with Crippen LogP contribution in [0.4, 0.5) is 0 Å². The number of likely N-dealkylation sites (tertiary alicyclic amines) is 1. The second-order valence-corrected chi connectivity index (χ2v) is 5.52. The fraction of sp³-hybridized carbons (Fsp3) is 0.643. The summed E-state index contributed by atoms with van der Waals surface area (Å²) < 4.78 is 1.69. The van der Waals surface area contributed by atoms with E-state index in [2.05, 4.69) is 16.9 Å². The number of hydrogen-bond acceptors (Lipinski definition) is 4. The molecule has 1 saturated heterocycles. The van der Waals surface area contributed by atoms with Crippen molar-refractivity contribution in [3.63, 3.8) is 0 Å². The third kappa shape index (κ3) is 2.90. The molecule has 1 fully saturated rings. The van der Waals surface area contributed by atoms with Gasteiger partial charge in [0, 0.05) is 23.0 Å². The minimum Gasteiger partial charge on any atom is -0.481 e. The van der Waals surface area contributed by atoms with Gasteiger partial charge in [0.2, 0.25) is 0 Å². The van der Waals surface area contributed by atoms with Crippen LogP contribution in [-0.2, 0) is 11.2 Å². The van der Waals surface area contributed by atoms with Gasteiger partial charge in [0.05, 0.1) is 6.42 Å². The van der Waals surface area contributed by atoms with E-state index in [0.29, 0.717) is 11.3 Å². The zero-order chi connectivity index (χ0) is 14.9. The lowest BCUT2D eigenvalue weighted by atomic mass is 10.0. The van der Waals surface area contributed by atoms with Crippen LogP contribution in [0, 0.1) is 13.8 Å². The minimum absolute atomic E-state index is 0.0857. The zero-order valence-corrected chi connectivity index (χ0v) is 12.2. The van der Waals surface area contributed by atoms with E-state index in [1.54, 1.807) is 11.5 Å². The van der Waals surface area contributed by atoms with E-state index in [-0.39, 0.29) is 18.2 Å². The van der Waals surface area contributed by atoms with E-state index in [4.69, 9.17) is 5.11 Å². The lowest BCUT2D eigenvalue weighted by Gasteiger charge is -2.31. The number of carbonyl (C=O) groups is 1. The van der Waals surface area contributed by atoms with Gasteiger partial charge in [-0.05, 0) is 46.8 Å². The van der Waals surface area contributed by atoms with Gasteiger partial charge in [-0.1, -0.05) is 0 Å². The second kappa shape index (κ2) is 5.75. The van der Waals surface area contributed by atoms with Gasteiger partial charge < -0.3 is 10.0 Å². The molecule has 6 nitrogen and oxygen atoms in total. The van der Waals surface area contributed by atoms with Crippen molar-refractivity contribution < 1.29 is 9.90 Å². The number of rotatable bonds is 3. The summed E-state index contributed by atoms with van der Waals surface area (Å²) in [4.78, 5) is 29.4. The molecule has 2 heterocycles. The van der Waals surface area contributed by atoms with E-state index >= 15 is 0 Å². The summed E-state index contributed by atoms with van der Waals surface area (Å²) in [6.07, 6.45) is 1.71. The number of piperidine rings is 1. The molecule has 0 bridgehead atoms. The SMILES string of the molecule is Cc1nc(=O)n(C2CCN(C)CC2)c(C)c1CC(=O)O. The molecular formula is C14H21N3O3. The predicted molar refractivity (Wildman–Crippen MR) is 75.1 cm³/mol. The van der Waals surface area contributed by atoms with Gasteiger partial charge in [-0.3, -0.25) is 9.36 Å². The van der Waals surface area contributed by atoms with E-state index < -0.39 is 5.97 Å². The molecule has 1 aromatic heterocycles. The quantitative estimate of drug-likeness (QED) is 0.884. The predicted octanol–water partition coefficient (Wildman–Crippen LogP) is 0.754. The molecule has 1 N–H and O–H groups in total. The van der Waals surface area contributed by atoms with Crippen molar-refractivity contribution in [2.75, 3.05) is 20.1 Å². The monoisotopic (exact) mass is 279 g/mol. The Morgan fingerprint density at radius 1 is 1.35 bits per heavy atom. The number of aromatic nitrogens is 2. The number of aliphatic carboxylic acids is 1. The van der Waals surface area contributed by atoms with Crippen molar-refractivity contribution >= 4 is 5.97 Å². The zero-order valence-electron chi connectivity index (χ0n) is 12.2. The van der Waals surface area contributed by atoms with Crippen molar-refractivity contribution in [2.24, 2.45) is 0 Å². The Kier molecular flexibility index (Phi) is 4.23. The van der Waals surface area contributed by atoms with Crippen LogP contribution in [0.15, 0.2) is 4.79 Å². The second-order valence-electron chi connectivity index (χ2n) is 5.52. The highest BCUT2D eigenvalue weighted by Crippen LogP contribution is 2.23. The molecular weight excluding hydrogens is 258 g/mol. The maximum absolute atomic E-state index is 12.2. The van der Waals surface area contributed by atoms with Gasteiger partial charge in [0.1, 0.15) is 0 Å². The van der Waals surface area contributed by atoms with Crippen molar-refractivity contribution in [1.29, 1.82) is 0 Å². The number of carboxylic acid groups (broad SMARTS) is 1. The standard InChI is InChI=1S/C14H21N3O3/c1-9-12(8-13(18)19)10(2)17(14(20)15-9)11-4-6-16(3)7-5-11/h11H,4-8H2,1-3H3,(H,18,19). The molecule has 1 aliphatic heterocycles. The molecule has 1 aromatic rings. The Labute approximate surface area is 118 Å². The normalized spacial score (nSPS) is 17.4. The van der Waals surface area contributed by atoms with Crippen LogP contribution in [0.1, 0.15) is 35.8 Å². The van der Waals surface area contributed by atoms with Gasteiger partial charge in [0.15, 0.2) is 0 Å². The molecule has 1 aliphatic rings. The average Bonchev–Trinajstić information content (AvgIpc) is 2.36. The third-order valence-electron chi connectivity index (χ3n) is 4.09. The largest absolute Gasteiger partial charge is 0.481 e. The van der Waals surface area contributed by atoms with Crippen LogP contribution >= 0.6 is 0 Å². The van der Waals surface area contributed by atoms with E-state index in [1.807, 2.05) is 6.92 Å². The number of nitrogens with zero attached hydrogens (tertiary/aromatic N) is 3. The van der Waals surface area contributed by atoms with Crippen LogP contribution in [-0.4, -0.2) is 45.7 Å². The fourth-order valence-corrected chi connectivity index (χ4v) is 2.91. The smallest absolute Gasteiger partial charge is 0.348 e. The molecule has 20 heavy (non-hydrogen) atoms. The number of hydrogen-bond donors (Lipinski definition) is 1. The number of carboxylic acids is 1. The van der Waals surface area contributed by atoms with Crippen molar-refractivity contribution in [1.82, 2.24) is 14.5 Å². The Balaban J connectivity index is 2.42. The Hall–Kier alpha value is -1.69. The van der Waals surface area contributed by atoms with Crippen molar-refractivity contribution in [2.45, 2.75) is 39.2 Å². The van der Waals surface area contributed by atoms with Crippen molar-refractivity contribution in [3.8, 4) is 0 Å². The molecule has 110 valence electrons. The molecule has 0 unspecified atom stereocenters. The minimum atomic E-state index is -0.897. The first kappa shape index (κ1) is 14.7. The molecule has 2 rings (SSSR count). The highest BCUT2D eigenvalue weighted by molar-refractivity contribution is 5.70. The summed E-state index contributed by atoms with van der Waals surface area (Å²) >= 11 is 0. The van der Waals surface area contributed by atoms with Crippen molar-refractivity contribution in [3.05, 3.63) is 27.4 Å². The molecule has 0 radical (unpaired) electrons. The summed E-state index contributed by atoms with van der Waals surface area (Å²) in [5.41, 5.74) is 1.68. The van der Waals surface area contributed by atoms with E-state index in [0.717, 1.165) is 31.6 Å². The van der Waals surface area contributed by atoms with Crippen LogP contribution in [0.2, 0.25) is 0 Å². The lowest BCUT2D eigenvalue weighted by Crippen LogP contribution is -2.38. The Morgan fingerprint density at radius 2 is 1.95 bits per heavy atom. The highest BCUT2D eigenvalue weighted by Gasteiger charge is 2.23. The Morgan fingerprint density at radius 3 is 2.50 bits per heavy atom. The molecule has 0 saturated carbocycles. The van der Waals surface area contributed by atoms with Crippen LogP contribution < -0.4 is 5.69 Å². The molecule has 0 aromatic carbocycles. The van der Waals surface area contributed by atoms with Gasteiger partial charge in [-0.15, -0.1) is 0 Å². The first-order valence-corrected chi connectivity index (χ1v) is 6.89. The molecule has 0 spiro atoms. The third-order valence-corrected chi connectivity index (χ3v) is 4.09. The van der Waals surface area contributed by atoms with Gasteiger partial charge in [-0.25, -0.2) is 4.79 Å². The van der Waals surface area contributed by atoms with E-state index in [1.165, 1.54) is 0 Å². The molecule has 0 aliphatic carbocycles. The molecule has 0 atom stereocenters. The molecule has 6 heteroatoms. The van der Waals surface area contributed by atoms with Gasteiger partial charge in [-0.2, -0.15) is 4.98 Å². The Bertz CT molecular complexity index is 572. The van der Waals surface area contributed by atoms with Gasteiger partial charge >= 0.3 is 11.7 Å².